The van der Waals surface area contributed by atoms with Crippen LogP contribution >= 0.6 is 0 Å². The summed E-state index contributed by atoms with van der Waals surface area (Å²) in [5, 5.41) is 7.88. The van der Waals surface area contributed by atoms with Gasteiger partial charge in [0, 0.05) is 17.1 Å². The number of imidazole rings is 1. The number of fused-ring (bicyclic) bond motifs is 2. The minimum absolute atomic E-state index is 0.809. The van der Waals surface area contributed by atoms with Crippen LogP contribution in [-0.2, 0) is 0 Å². The lowest BCUT2D eigenvalue weighted by Gasteiger charge is -2.04. The number of aromatic nitrogens is 5. The van der Waals surface area contributed by atoms with Gasteiger partial charge in [-0.05, 0) is 43.2 Å². The molecule has 5 heteroatoms. The molecule has 0 amide bonds. The Morgan fingerprint density at radius 2 is 1.90 bits per heavy atom. The molecule has 3 aromatic heterocycles. The van der Waals surface area contributed by atoms with Crippen molar-refractivity contribution in [2.24, 2.45) is 0 Å². The second kappa shape index (κ2) is 3.90. The number of benzene rings is 1. The molecular weight excluding hydrogens is 250 g/mol. The fourth-order valence-corrected chi connectivity index (χ4v) is 2.57. The predicted octanol–water partition coefficient (Wildman–Crippen LogP) is 3.12. The molecule has 0 aliphatic rings. The summed E-state index contributed by atoms with van der Waals surface area (Å²) in [5.41, 5.74) is 6.27. The highest BCUT2D eigenvalue weighted by Crippen LogP contribution is 2.27. The van der Waals surface area contributed by atoms with Crippen molar-refractivity contribution in [2.75, 3.05) is 0 Å². The van der Waals surface area contributed by atoms with E-state index in [1.807, 2.05) is 13.1 Å². The van der Waals surface area contributed by atoms with E-state index in [9.17, 15) is 0 Å². The quantitative estimate of drug-likeness (QED) is 0.554. The molecule has 2 N–H and O–H groups in total. The predicted molar refractivity (Wildman–Crippen MR) is 78.5 cm³/mol. The van der Waals surface area contributed by atoms with Gasteiger partial charge in [0.15, 0.2) is 5.65 Å². The van der Waals surface area contributed by atoms with Crippen LogP contribution in [0.25, 0.3) is 33.2 Å². The summed E-state index contributed by atoms with van der Waals surface area (Å²) in [6.45, 7) is 4.05. The van der Waals surface area contributed by atoms with Crippen molar-refractivity contribution in [3.63, 3.8) is 0 Å². The van der Waals surface area contributed by atoms with Gasteiger partial charge in [-0.2, -0.15) is 5.10 Å². The highest BCUT2D eigenvalue weighted by Gasteiger charge is 2.08. The standard InChI is InChI=1S/C15H13N5/c1-8-3-10(5-13-14(8)19-9(2)18-13)11-4-12-7-17-20-15(12)16-6-11/h3-7H,1-2H3,(H,18,19)(H,16,17,20). The van der Waals surface area contributed by atoms with Crippen molar-refractivity contribution >= 4 is 22.1 Å². The molecule has 0 spiro atoms. The normalized spacial score (nSPS) is 11.5. The lowest BCUT2D eigenvalue weighted by Crippen LogP contribution is -1.85. The van der Waals surface area contributed by atoms with Gasteiger partial charge < -0.3 is 4.98 Å². The first-order valence-corrected chi connectivity index (χ1v) is 6.47. The first-order chi connectivity index (χ1) is 9.70. The number of nitrogens with one attached hydrogen (secondary N) is 2. The molecule has 0 aliphatic heterocycles. The molecule has 5 nitrogen and oxygen atoms in total. The molecule has 20 heavy (non-hydrogen) atoms. The van der Waals surface area contributed by atoms with E-state index in [2.05, 4.69) is 50.3 Å². The van der Waals surface area contributed by atoms with E-state index in [0.717, 1.165) is 44.6 Å². The van der Waals surface area contributed by atoms with Gasteiger partial charge in [-0.25, -0.2) is 9.97 Å². The SMILES string of the molecule is Cc1nc2c(C)cc(-c3cnc4[nH]ncc4c3)cc2[nH]1. The molecular formula is C15H13N5. The molecule has 0 atom stereocenters. The number of rotatable bonds is 1. The number of hydrogen-bond donors (Lipinski definition) is 2. The zero-order valence-corrected chi connectivity index (χ0v) is 11.2. The molecule has 0 saturated carbocycles. The van der Waals surface area contributed by atoms with Crippen molar-refractivity contribution in [2.45, 2.75) is 13.8 Å². The molecule has 4 rings (SSSR count). The Morgan fingerprint density at radius 3 is 2.80 bits per heavy atom. The van der Waals surface area contributed by atoms with Gasteiger partial charge in [-0.15, -0.1) is 0 Å². The first-order valence-electron chi connectivity index (χ1n) is 6.47. The maximum absolute atomic E-state index is 4.50. The minimum atomic E-state index is 0.809. The molecule has 0 fully saturated rings. The van der Waals surface area contributed by atoms with E-state index in [4.69, 9.17) is 0 Å². The number of nitrogens with zero attached hydrogens (tertiary/aromatic N) is 3. The molecule has 0 bridgehead atoms. The van der Waals surface area contributed by atoms with E-state index in [1.54, 1.807) is 6.20 Å². The van der Waals surface area contributed by atoms with Crippen LogP contribution in [-0.4, -0.2) is 25.1 Å². The maximum atomic E-state index is 4.50. The molecule has 0 aliphatic carbocycles. The highest BCUT2D eigenvalue weighted by atomic mass is 15.1. The van der Waals surface area contributed by atoms with E-state index < -0.39 is 0 Å². The van der Waals surface area contributed by atoms with Gasteiger partial charge in [0.1, 0.15) is 5.82 Å². The van der Waals surface area contributed by atoms with E-state index >= 15 is 0 Å². The average Bonchev–Trinajstić information content (AvgIpc) is 3.03. The van der Waals surface area contributed by atoms with Crippen molar-refractivity contribution in [1.29, 1.82) is 0 Å². The van der Waals surface area contributed by atoms with Crippen LogP contribution in [0.3, 0.4) is 0 Å². The Morgan fingerprint density at radius 1 is 1.00 bits per heavy atom. The van der Waals surface area contributed by atoms with Crippen LogP contribution in [0.15, 0.2) is 30.6 Å². The lowest BCUT2D eigenvalue weighted by molar-refractivity contribution is 1.10. The molecule has 0 radical (unpaired) electrons. The number of pyridine rings is 1. The fraction of sp³-hybridized carbons (Fsp3) is 0.133. The summed E-state index contributed by atoms with van der Waals surface area (Å²) in [7, 11) is 0. The third-order valence-electron chi connectivity index (χ3n) is 3.52. The summed E-state index contributed by atoms with van der Waals surface area (Å²) in [6, 6.07) is 6.35. The van der Waals surface area contributed by atoms with Gasteiger partial charge in [0.05, 0.1) is 17.2 Å². The maximum Gasteiger partial charge on any atom is 0.155 e. The summed E-state index contributed by atoms with van der Waals surface area (Å²) in [4.78, 5) is 12.2. The zero-order chi connectivity index (χ0) is 13.7. The monoisotopic (exact) mass is 263 g/mol. The van der Waals surface area contributed by atoms with Crippen molar-refractivity contribution < 1.29 is 0 Å². The number of aryl methyl sites for hydroxylation is 2. The van der Waals surface area contributed by atoms with Gasteiger partial charge in [0.2, 0.25) is 0 Å². The second-order valence-electron chi connectivity index (χ2n) is 5.04. The molecule has 1 aromatic carbocycles. The largest absolute Gasteiger partial charge is 0.342 e. The van der Waals surface area contributed by atoms with Crippen LogP contribution in [0.5, 0.6) is 0 Å². The third-order valence-corrected chi connectivity index (χ3v) is 3.52. The summed E-state index contributed by atoms with van der Waals surface area (Å²) >= 11 is 0. The zero-order valence-electron chi connectivity index (χ0n) is 11.2. The van der Waals surface area contributed by atoms with E-state index in [-0.39, 0.29) is 0 Å². The summed E-state index contributed by atoms with van der Waals surface area (Å²) < 4.78 is 0. The van der Waals surface area contributed by atoms with E-state index in [1.165, 1.54) is 0 Å². The number of H-pyrrole nitrogens is 2. The average molecular weight is 263 g/mol. The van der Waals surface area contributed by atoms with Crippen molar-refractivity contribution in [3.05, 3.63) is 42.0 Å². The molecule has 0 saturated heterocycles. The van der Waals surface area contributed by atoms with Crippen molar-refractivity contribution in [3.8, 4) is 11.1 Å². The molecule has 98 valence electrons. The highest BCUT2D eigenvalue weighted by molar-refractivity contribution is 5.87. The Labute approximate surface area is 115 Å². The van der Waals surface area contributed by atoms with Crippen LogP contribution < -0.4 is 0 Å². The Bertz CT molecular complexity index is 932. The molecule has 0 unspecified atom stereocenters. The van der Waals surface area contributed by atoms with Gasteiger partial charge in [-0.3, -0.25) is 5.10 Å². The van der Waals surface area contributed by atoms with E-state index in [0.29, 0.717) is 0 Å². The van der Waals surface area contributed by atoms with Gasteiger partial charge in [0.25, 0.3) is 0 Å². The topological polar surface area (TPSA) is 70.2 Å². The number of hydrogen-bond acceptors (Lipinski definition) is 3. The van der Waals surface area contributed by atoms with Gasteiger partial charge in [-0.1, -0.05) is 0 Å². The second-order valence-corrected chi connectivity index (χ2v) is 5.04. The van der Waals surface area contributed by atoms with Crippen molar-refractivity contribution in [1.82, 2.24) is 25.1 Å². The third kappa shape index (κ3) is 1.60. The summed E-state index contributed by atoms with van der Waals surface area (Å²) in [5.74, 6) is 0.934. The molecule has 3 heterocycles. The first kappa shape index (κ1) is 11.2. The van der Waals surface area contributed by atoms with Crippen LogP contribution in [0.4, 0.5) is 0 Å². The lowest BCUT2D eigenvalue weighted by atomic mass is 10.0. The Hall–Kier alpha value is -2.69. The fourth-order valence-electron chi connectivity index (χ4n) is 2.57. The van der Waals surface area contributed by atoms with Crippen LogP contribution in [0, 0.1) is 13.8 Å². The Balaban J connectivity index is 1.96. The smallest absolute Gasteiger partial charge is 0.155 e. The van der Waals surface area contributed by atoms with Crippen LogP contribution in [0.1, 0.15) is 11.4 Å². The van der Waals surface area contributed by atoms with Crippen LogP contribution in [0.2, 0.25) is 0 Å². The van der Waals surface area contributed by atoms with Gasteiger partial charge >= 0.3 is 0 Å². The minimum Gasteiger partial charge on any atom is -0.342 e. The number of aromatic amines is 2. The molecule has 4 aromatic rings. The summed E-state index contributed by atoms with van der Waals surface area (Å²) in [6.07, 6.45) is 3.65. The Kier molecular flexibility index (Phi) is 2.18.